The third kappa shape index (κ3) is 1.58. The highest BCUT2D eigenvalue weighted by Gasteiger charge is 2.24. The molecule has 0 aromatic carbocycles. The molecule has 0 bridgehead atoms. The maximum atomic E-state index is 10.9. The minimum absolute atomic E-state index is 0.0925. The predicted molar refractivity (Wildman–Crippen MR) is 46.7 cm³/mol. The van der Waals surface area contributed by atoms with Gasteiger partial charge in [0, 0.05) is 0 Å². The number of hydrogen-bond donors (Lipinski definition) is 0. The van der Waals surface area contributed by atoms with Gasteiger partial charge in [-0.15, -0.1) is 6.58 Å². The summed E-state index contributed by atoms with van der Waals surface area (Å²) in [5.74, 6) is 0.0925. The largest absolute Gasteiger partial charge is 0.278 e. The van der Waals surface area contributed by atoms with Crippen molar-refractivity contribution < 1.29 is 4.79 Å². The minimum Gasteiger partial charge on any atom is -0.278 e. The Morgan fingerprint density at radius 1 is 1.90 bits per heavy atom. The van der Waals surface area contributed by atoms with E-state index in [4.69, 9.17) is 12.2 Å². The summed E-state index contributed by atoms with van der Waals surface area (Å²) in [6, 6.07) is 0. The summed E-state index contributed by atoms with van der Waals surface area (Å²) in [4.78, 5) is 10.9. The molecule has 1 saturated heterocycles. The van der Waals surface area contributed by atoms with Gasteiger partial charge in [0.1, 0.15) is 0 Å². The van der Waals surface area contributed by atoms with Gasteiger partial charge in [0.15, 0.2) is 0 Å². The molecular formula is C6H7NOS2. The van der Waals surface area contributed by atoms with Crippen LogP contribution >= 0.6 is 24.2 Å². The Bertz CT molecular complexity index is 190. The molecule has 4 heteroatoms. The van der Waals surface area contributed by atoms with E-state index in [9.17, 15) is 4.79 Å². The first-order valence-electron chi connectivity index (χ1n) is 2.86. The Labute approximate surface area is 69.4 Å². The zero-order chi connectivity index (χ0) is 7.56. The summed E-state index contributed by atoms with van der Waals surface area (Å²) >= 11 is 6.20. The van der Waals surface area contributed by atoms with E-state index in [-0.39, 0.29) is 5.91 Å². The lowest BCUT2D eigenvalue weighted by Crippen LogP contribution is -2.17. The maximum absolute atomic E-state index is 10.9. The van der Waals surface area contributed by atoms with E-state index in [0.717, 1.165) is 4.20 Å². The fourth-order valence-corrected chi connectivity index (χ4v) is 1.85. The first-order chi connectivity index (χ1) is 4.74. The average molecular weight is 173 g/mol. The highest BCUT2D eigenvalue weighted by atomic mass is 32.2. The minimum atomic E-state index is 0.0925. The summed E-state index contributed by atoms with van der Waals surface area (Å²) in [6.07, 6.45) is 2.10. The van der Waals surface area contributed by atoms with Crippen molar-refractivity contribution >= 4 is 34.3 Å². The van der Waals surface area contributed by atoms with E-state index < -0.39 is 0 Å². The van der Waals surface area contributed by atoms with Crippen LogP contribution in [0.5, 0.6) is 0 Å². The van der Waals surface area contributed by atoms with Gasteiger partial charge in [-0.3, -0.25) is 9.10 Å². The van der Waals surface area contributed by atoms with Crippen molar-refractivity contribution in [2.45, 2.75) is 6.42 Å². The van der Waals surface area contributed by atoms with Gasteiger partial charge >= 0.3 is 0 Å². The summed E-state index contributed by atoms with van der Waals surface area (Å²) in [5.41, 5.74) is 0. The second kappa shape index (κ2) is 3.16. The van der Waals surface area contributed by atoms with Crippen molar-refractivity contribution in [1.82, 2.24) is 4.31 Å². The van der Waals surface area contributed by atoms with Gasteiger partial charge in [0.2, 0.25) is 5.91 Å². The Morgan fingerprint density at radius 2 is 2.60 bits per heavy atom. The number of thiocarbonyl (C=S) groups is 1. The van der Waals surface area contributed by atoms with Crippen molar-refractivity contribution in [2.75, 3.05) is 6.54 Å². The third-order valence-corrected chi connectivity index (χ3v) is 2.37. The fourth-order valence-electron chi connectivity index (χ4n) is 0.674. The van der Waals surface area contributed by atoms with Crippen molar-refractivity contribution in [3.05, 3.63) is 12.7 Å². The lowest BCUT2D eigenvalue weighted by atomic mass is 10.4. The van der Waals surface area contributed by atoms with Gasteiger partial charge in [-0.1, -0.05) is 18.3 Å². The first kappa shape index (κ1) is 7.75. The molecule has 0 unspecified atom stereocenters. The molecule has 54 valence electrons. The number of nitrogens with zero attached hydrogens (tertiary/aromatic N) is 1. The molecule has 0 spiro atoms. The first-order valence-corrected chi connectivity index (χ1v) is 4.04. The van der Waals surface area contributed by atoms with E-state index in [0.29, 0.717) is 13.0 Å². The normalized spacial score (nSPS) is 18.2. The van der Waals surface area contributed by atoms with Crippen LogP contribution in [0.15, 0.2) is 12.7 Å². The molecule has 1 amide bonds. The second-order valence-corrected chi connectivity index (χ2v) is 3.75. The highest BCUT2D eigenvalue weighted by molar-refractivity contribution is 8.22. The highest BCUT2D eigenvalue weighted by Crippen LogP contribution is 2.24. The van der Waals surface area contributed by atoms with Crippen LogP contribution in [-0.4, -0.2) is 21.0 Å². The lowest BCUT2D eigenvalue weighted by Gasteiger charge is -2.08. The van der Waals surface area contributed by atoms with E-state index in [1.54, 1.807) is 10.4 Å². The monoisotopic (exact) mass is 173 g/mol. The average Bonchev–Trinajstić information content (AvgIpc) is 2.13. The van der Waals surface area contributed by atoms with Crippen LogP contribution in [0.4, 0.5) is 0 Å². The molecular weight excluding hydrogens is 166 g/mol. The molecule has 0 saturated carbocycles. The zero-order valence-electron chi connectivity index (χ0n) is 5.37. The van der Waals surface area contributed by atoms with Crippen LogP contribution in [0.1, 0.15) is 6.42 Å². The van der Waals surface area contributed by atoms with Crippen LogP contribution in [0.3, 0.4) is 0 Å². The van der Waals surface area contributed by atoms with E-state index >= 15 is 0 Å². The summed E-state index contributed by atoms with van der Waals surface area (Å²) in [6.45, 7) is 4.12. The molecule has 0 radical (unpaired) electrons. The predicted octanol–water partition coefficient (Wildman–Crippen LogP) is 1.38. The number of amides is 1. The topological polar surface area (TPSA) is 20.3 Å². The molecule has 1 aliphatic rings. The van der Waals surface area contributed by atoms with Gasteiger partial charge < -0.3 is 0 Å². The Hall–Kier alpha value is -0.350. The maximum Gasteiger partial charge on any atom is 0.238 e. The van der Waals surface area contributed by atoms with Crippen LogP contribution < -0.4 is 0 Å². The van der Waals surface area contributed by atoms with Crippen molar-refractivity contribution in [2.24, 2.45) is 0 Å². The number of carbonyl (C=O) groups is 1. The van der Waals surface area contributed by atoms with Crippen LogP contribution in [0.2, 0.25) is 0 Å². The third-order valence-electron chi connectivity index (χ3n) is 1.08. The Morgan fingerprint density at radius 3 is 3.00 bits per heavy atom. The summed E-state index contributed by atoms with van der Waals surface area (Å²) < 4.78 is 2.38. The lowest BCUT2D eigenvalue weighted by molar-refractivity contribution is -0.123. The molecule has 1 rings (SSSR count). The number of rotatable bonds is 2. The molecule has 2 nitrogen and oxygen atoms in total. The Balaban J connectivity index is 2.54. The van der Waals surface area contributed by atoms with E-state index in [1.165, 1.54) is 11.9 Å². The van der Waals surface area contributed by atoms with Crippen molar-refractivity contribution in [3.8, 4) is 0 Å². The quantitative estimate of drug-likeness (QED) is 0.357. The molecule has 1 fully saturated rings. The van der Waals surface area contributed by atoms with Crippen molar-refractivity contribution in [1.29, 1.82) is 0 Å². The van der Waals surface area contributed by atoms with Crippen LogP contribution in [0, 0.1) is 0 Å². The molecule has 0 aromatic rings. The van der Waals surface area contributed by atoms with Gasteiger partial charge in [0.05, 0.1) is 17.2 Å². The molecule has 10 heavy (non-hydrogen) atoms. The van der Waals surface area contributed by atoms with Gasteiger partial charge in [0.25, 0.3) is 0 Å². The zero-order valence-corrected chi connectivity index (χ0v) is 7.00. The molecule has 0 N–H and O–H groups in total. The summed E-state index contributed by atoms with van der Waals surface area (Å²) in [7, 11) is 0. The Kier molecular flexibility index (Phi) is 2.45. The molecule has 1 aliphatic heterocycles. The molecule has 0 aromatic heterocycles. The smallest absolute Gasteiger partial charge is 0.238 e. The standard InChI is InChI=1S/C6H7NOS2/c1-2-3-7-5(8)4-6(9)10-7/h2H,1,3-4H2. The number of carbonyl (C=O) groups excluding carboxylic acids is 1. The molecule has 0 atom stereocenters. The number of hydrogen-bond acceptors (Lipinski definition) is 3. The van der Waals surface area contributed by atoms with Crippen LogP contribution in [-0.2, 0) is 4.79 Å². The molecule has 0 aliphatic carbocycles. The second-order valence-electron chi connectivity index (χ2n) is 1.88. The van der Waals surface area contributed by atoms with Crippen molar-refractivity contribution in [3.63, 3.8) is 0 Å². The van der Waals surface area contributed by atoms with E-state index in [2.05, 4.69) is 6.58 Å². The van der Waals surface area contributed by atoms with E-state index in [1.807, 2.05) is 0 Å². The SMILES string of the molecule is C=CCN1SC(=S)CC1=O. The van der Waals surface area contributed by atoms with Gasteiger partial charge in [-0.2, -0.15) is 0 Å². The van der Waals surface area contributed by atoms with Gasteiger partial charge in [-0.05, 0) is 11.9 Å². The van der Waals surface area contributed by atoms with Gasteiger partial charge in [-0.25, -0.2) is 0 Å². The fraction of sp³-hybridized carbons (Fsp3) is 0.333. The van der Waals surface area contributed by atoms with Crippen LogP contribution in [0.25, 0.3) is 0 Å². The molecule has 1 heterocycles. The summed E-state index contributed by atoms with van der Waals surface area (Å²) in [5, 5.41) is 0.